The van der Waals surface area contributed by atoms with Crippen LogP contribution in [-0.4, -0.2) is 57.1 Å². The summed E-state index contributed by atoms with van der Waals surface area (Å²) < 4.78 is 32.2. The van der Waals surface area contributed by atoms with E-state index in [1.807, 2.05) is 52.0 Å². The maximum Gasteiger partial charge on any atom is 0.242 e. The molecule has 2 amide bonds. The summed E-state index contributed by atoms with van der Waals surface area (Å²) >= 11 is 0. The number of amides is 2. The smallest absolute Gasteiger partial charge is 0.242 e. The van der Waals surface area contributed by atoms with E-state index in [9.17, 15) is 18.0 Å². The molecule has 0 aliphatic heterocycles. The Balaban J connectivity index is 2.23. The molecule has 0 fully saturated rings. The average molecular weight is 532 g/mol. The normalized spacial score (nSPS) is 12.0. The molecule has 2 aromatic carbocycles. The van der Waals surface area contributed by atoms with Gasteiger partial charge in [-0.15, -0.1) is 0 Å². The lowest BCUT2D eigenvalue weighted by molar-refractivity contribution is -0.141. The number of nitrogens with zero attached hydrogens (tertiary/aromatic N) is 2. The number of aryl methyl sites for hydroxylation is 1. The Morgan fingerprint density at radius 2 is 1.70 bits per heavy atom. The molecular weight excluding hydrogens is 490 g/mol. The number of ether oxygens (including phenoxy) is 1. The topological polar surface area (TPSA) is 96.0 Å². The summed E-state index contributed by atoms with van der Waals surface area (Å²) in [6, 6.07) is 14.2. The van der Waals surface area contributed by atoms with Gasteiger partial charge < -0.3 is 15.0 Å². The Hall–Kier alpha value is -3.07. The Morgan fingerprint density at radius 3 is 2.30 bits per heavy atom. The number of hydrogen-bond donors (Lipinski definition) is 1. The van der Waals surface area contributed by atoms with E-state index in [-0.39, 0.29) is 24.8 Å². The molecule has 0 spiro atoms. The minimum Gasteiger partial charge on any atom is -0.492 e. The van der Waals surface area contributed by atoms with Crippen molar-refractivity contribution in [3.63, 3.8) is 0 Å². The molecule has 0 aliphatic rings. The maximum atomic E-state index is 13.5. The molecule has 8 nitrogen and oxygen atoms in total. The van der Waals surface area contributed by atoms with Crippen molar-refractivity contribution >= 4 is 27.5 Å². The lowest BCUT2D eigenvalue weighted by Crippen LogP contribution is -2.49. The SMILES string of the molecule is CCCNC(=O)C(CC)N(Cc1ccc(C)cc1)C(=O)CCCN(c1ccccc1OCC)S(C)(=O)=O. The molecule has 1 N–H and O–H groups in total. The molecule has 2 rings (SSSR count). The quantitative estimate of drug-likeness (QED) is 0.370. The van der Waals surface area contributed by atoms with Crippen LogP contribution in [0.1, 0.15) is 57.6 Å². The number of sulfonamides is 1. The number of rotatable bonds is 15. The first-order valence-corrected chi connectivity index (χ1v) is 14.8. The molecule has 9 heteroatoms. The van der Waals surface area contributed by atoms with E-state index in [0.717, 1.165) is 23.8 Å². The van der Waals surface area contributed by atoms with Crippen LogP contribution in [-0.2, 0) is 26.2 Å². The van der Waals surface area contributed by atoms with Gasteiger partial charge >= 0.3 is 0 Å². The molecule has 0 saturated heterocycles. The number of benzene rings is 2. The summed E-state index contributed by atoms with van der Waals surface area (Å²) in [5, 5.41) is 2.91. The highest BCUT2D eigenvalue weighted by Gasteiger charge is 2.29. The van der Waals surface area contributed by atoms with Gasteiger partial charge in [-0.05, 0) is 50.8 Å². The zero-order chi connectivity index (χ0) is 27.4. The molecule has 0 aromatic heterocycles. The van der Waals surface area contributed by atoms with Crippen LogP contribution in [0.2, 0.25) is 0 Å². The second-order valence-corrected chi connectivity index (χ2v) is 11.0. The largest absolute Gasteiger partial charge is 0.492 e. The molecule has 0 saturated carbocycles. The predicted octanol–water partition coefficient (Wildman–Crippen LogP) is 4.27. The first-order valence-electron chi connectivity index (χ1n) is 12.9. The lowest BCUT2D eigenvalue weighted by Gasteiger charge is -2.31. The van der Waals surface area contributed by atoms with Crippen molar-refractivity contribution in [1.82, 2.24) is 10.2 Å². The van der Waals surface area contributed by atoms with Crippen LogP contribution in [0.5, 0.6) is 5.75 Å². The summed E-state index contributed by atoms with van der Waals surface area (Å²) in [5.41, 5.74) is 2.49. The number of carbonyl (C=O) groups is 2. The number of anilines is 1. The Kier molecular flexibility index (Phi) is 11.9. The number of hydrogen-bond acceptors (Lipinski definition) is 5. The van der Waals surface area contributed by atoms with E-state index < -0.39 is 16.1 Å². The van der Waals surface area contributed by atoms with E-state index in [0.29, 0.717) is 44.0 Å². The van der Waals surface area contributed by atoms with Crippen molar-refractivity contribution in [3.05, 3.63) is 59.7 Å². The number of nitrogens with one attached hydrogen (secondary N) is 1. The van der Waals surface area contributed by atoms with Crippen LogP contribution < -0.4 is 14.4 Å². The fourth-order valence-corrected chi connectivity index (χ4v) is 5.07. The highest BCUT2D eigenvalue weighted by molar-refractivity contribution is 7.92. The van der Waals surface area contributed by atoms with Crippen LogP contribution in [0.4, 0.5) is 5.69 Å². The van der Waals surface area contributed by atoms with Gasteiger partial charge in [0, 0.05) is 26.1 Å². The van der Waals surface area contributed by atoms with Crippen LogP contribution in [0.3, 0.4) is 0 Å². The average Bonchev–Trinajstić information content (AvgIpc) is 2.86. The van der Waals surface area contributed by atoms with Gasteiger partial charge in [-0.3, -0.25) is 13.9 Å². The second-order valence-electron chi connectivity index (χ2n) is 9.06. The number of para-hydroxylation sites is 2. The van der Waals surface area contributed by atoms with Gasteiger partial charge in [0.1, 0.15) is 11.8 Å². The van der Waals surface area contributed by atoms with Gasteiger partial charge in [-0.2, -0.15) is 0 Å². The van der Waals surface area contributed by atoms with Crippen LogP contribution in [0.25, 0.3) is 0 Å². The monoisotopic (exact) mass is 531 g/mol. The van der Waals surface area contributed by atoms with Crippen molar-refractivity contribution in [2.45, 2.75) is 66.0 Å². The van der Waals surface area contributed by atoms with Gasteiger partial charge in [0.2, 0.25) is 21.8 Å². The van der Waals surface area contributed by atoms with Crippen molar-refractivity contribution in [1.29, 1.82) is 0 Å². The minimum atomic E-state index is -3.61. The third-order valence-corrected chi connectivity index (χ3v) is 7.17. The van der Waals surface area contributed by atoms with Crippen LogP contribution in [0.15, 0.2) is 48.5 Å². The third kappa shape index (κ3) is 9.07. The van der Waals surface area contributed by atoms with Crippen molar-refractivity contribution < 1.29 is 22.7 Å². The highest BCUT2D eigenvalue weighted by atomic mass is 32.2. The predicted molar refractivity (Wildman–Crippen MR) is 148 cm³/mol. The molecule has 0 radical (unpaired) electrons. The Labute approximate surface area is 222 Å². The zero-order valence-corrected chi connectivity index (χ0v) is 23.5. The van der Waals surface area contributed by atoms with Gasteiger partial charge in [0.25, 0.3) is 0 Å². The minimum absolute atomic E-state index is 0.103. The maximum absolute atomic E-state index is 13.5. The summed E-state index contributed by atoms with van der Waals surface area (Å²) in [5.74, 6) is 0.111. The van der Waals surface area contributed by atoms with E-state index in [4.69, 9.17) is 4.74 Å². The second kappa shape index (κ2) is 14.6. The first kappa shape index (κ1) is 30.2. The van der Waals surface area contributed by atoms with E-state index in [1.54, 1.807) is 29.2 Å². The molecule has 0 aliphatic carbocycles. The fourth-order valence-electron chi connectivity index (χ4n) is 4.10. The molecule has 2 aromatic rings. The van der Waals surface area contributed by atoms with Gasteiger partial charge in [0.15, 0.2) is 0 Å². The number of carbonyl (C=O) groups excluding carboxylic acids is 2. The van der Waals surface area contributed by atoms with E-state index in [2.05, 4.69) is 5.32 Å². The molecule has 0 bridgehead atoms. The van der Waals surface area contributed by atoms with E-state index >= 15 is 0 Å². The van der Waals surface area contributed by atoms with Gasteiger partial charge in [0.05, 0.1) is 18.6 Å². The van der Waals surface area contributed by atoms with Crippen LogP contribution >= 0.6 is 0 Å². The molecule has 37 heavy (non-hydrogen) atoms. The van der Waals surface area contributed by atoms with Crippen LogP contribution in [0, 0.1) is 6.92 Å². The summed E-state index contributed by atoms with van der Waals surface area (Å²) in [7, 11) is -3.61. The molecule has 204 valence electrons. The molecule has 1 atom stereocenters. The Bertz CT molecular complexity index is 1120. The zero-order valence-electron chi connectivity index (χ0n) is 22.7. The lowest BCUT2D eigenvalue weighted by atomic mass is 10.1. The van der Waals surface area contributed by atoms with Gasteiger partial charge in [-0.25, -0.2) is 8.42 Å². The van der Waals surface area contributed by atoms with E-state index in [1.165, 1.54) is 4.31 Å². The molecule has 1 unspecified atom stereocenters. The highest BCUT2D eigenvalue weighted by Crippen LogP contribution is 2.30. The summed E-state index contributed by atoms with van der Waals surface area (Å²) in [6.45, 7) is 9.08. The van der Waals surface area contributed by atoms with Crippen molar-refractivity contribution in [2.75, 3.05) is 30.3 Å². The summed E-state index contributed by atoms with van der Waals surface area (Å²) in [4.78, 5) is 28.0. The third-order valence-electron chi connectivity index (χ3n) is 5.99. The van der Waals surface area contributed by atoms with Crippen molar-refractivity contribution in [2.24, 2.45) is 0 Å². The molecular formula is C28H41N3O5S. The first-order chi connectivity index (χ1) is 17.6. The van der Waals surface area contributed by atoms with Gasteiger partial charge in [-0.1, -0.05) is 55.8 Å². The summed E-state index contributed by atoms with van der Waals surface area (Å²) in [6.07, 6.45) is 2.82. The van der Waals surface area contributed by atoms with Crippen molar-refractivity contribution in [3.8, 4) is 5.75 Å². The fraction of sp³-hybridized carbons (Fsp3) is 0.500. The molecule has 0 heterocycles. The standard InChI is InChI=1S/C28H41N3O5S/c1-6-19-29-28(33)24(7-2)30(21-23-17-15-22(4)16-18-23)27(32)14-11-20-31(37(5,34)35)25-12-9-10-13-26(25)36-8-3/h9-10,12-13,15-18,24H,6-8,11,14,19-21H2,1-5H3,(H,29,33). The Morgan fingerprint density at radius 1 is 1.03 bits per heavy atom.